The monoisotopic (exact) mass is 420 g/mol. The van der Waals surface area contributed by atoms with E-state index in [1.165, 1.54) is 0 Å². The van der Waals surface area contributed by atoms with E-state index in [9.17, 15) is 9.59 Å². The van der Waals surface area contributed by atoms with Crippen molar-refractivity contribution in [1.82, 2.24) is 5.32 Å². The SMILES string of the molecule is COc1ccc(C(=O)NCc2ccc3c(c2)CCN3C(=O)c2ccc(Cl)cc2)cc1. The van der Waals surface area contributed by atoms with Crippen LogP contribution in [0.5, 0.6) is 5.75 Å². The fraction of sp³-hybridized carbons (Fsp3) is 0.167. The first-order valence-corrected chi connectivity index (χ1v) is 10.0. The molecule has 0 saturated carbocycles. The predicted molar refractivity (Wildman–Crippen MR) is 117 cm³/mol. The molecule has 0 atom stereocenters. The van der Waals surface area contributed by atoms with E-state index >= 15 is 0 Å². The van der Waals surface area contributed by atoms with Gasteiger partial charge in [-0.15, -0.1) is 0 Å². The van der Waals surface area contributed by atoms with Crippen molar-refractivity contribution in [2.45, 2.75) is 13.0 Å². The van der Waals surface area contributed by atoms with Crippen molar-refractivity contribution in [3.63, 3.8) is 0 Å². The molecule has 0 aromatic heterocycles. The summed E-state index contributed by atoms with van der Waals surface area (Å²) in [4.78, 5) is 27.0. The highest BCUT2D eigenvalue weighted by atomic mass is 35.5. The smallest absolute Gasteiger partial charge is 0.258 e. The van der Waals surface area contributed by atoms with E-state index in [1.54, 1.807) is 60.5 Å². The van der Waals surface area contributed by atoms with Crippen molar-refractivity contribution in [1.29, 1.82) is 0 Å². The van der Waals surface area contributed by atoms with Gasteiger partial charge in [0.25, 0.3) is 11.8 Å². The first kappa shape index (κ1) is 20.0. The Morgan fingerprint density at radius 2 is 1.70 bits per heavy atom. The molecule has 3 aromatic carbocycles. The number of hydrogen-bond donors (Lipinski definition) is 1. The summed E-state index contributed by atoms with van der Waals surface area (Å²) in [6, 6.07) is 19.9. The number of amides is 2. The summed E-state index contributed by atoms with van der Waals surface area (Å²) in [5.74, 6) is 0.534. The number of fused-ring (bicyclic) bond motifs is 1. The van der Waals surface area contributed by atoms with Gasteiger partial charge >= 0.3 is 0 Å². The molecule has 0 unspecified atom stereocenters. The van der Waals surface area contributed by atoms with Gasteiger partial charge in [0.05, 0.1) is 7.11 Å². The third kappa shape index (κ3) is 4.16. The second-order valence-corrected chi connectivity index (χ2v) is 7.52. The van der Waals surface area contributed by atoms with Crippen LogP contribution in [0, 0.1) is 0 Å². The maximum absolute atomic E-state index is 12.8. The second kappa shape index (κ2) is 8.59. The van der Waals surface area contributed by atoms with Crippen LogP contribution in [0.3, 0.4) is 0 Å². The maximum Gasteiger partial charge on any atom is 0.258 e. The van der Waals surface area contributed by atoms with Crippen LogP contribution in [0.1, 0.15) is 31.8 Å². The van der Waals surface area contributed by atoms with E-state index in [-0.39, 0.29) is 11.8 Å². The minimum atomic E-state index is -0.141. The second-order valence-electron chi connectivity index (χ2n) is 7.09. The fourth-order valence-electron chi connectivity index (χ4n) is 3.55. The lowest BCUT2D eigenvalue weighted by atomic mass is 10.1. The van der Waals surface area contributed by atoms with Crippen molar-refractivity contribution in [3.8, 4) is 5.75 Å². The average molecular weight is 421 g/mol. The van der Waals surface area contributed by atoms with Crippen molar-refractivity contribution >= 4 is 29.1 Å². The molecule has 0 radical (unpaired) electrons. The number of methoxy groups -OCH3 is 1. The highest BCUT2D eigenvalue weighted by molar-refractivity contribution is 6.30. The first-order valence-electron chi connectivity index (χ1n) is 9.66. The van der Waals surface area contributed by atoms with Gasteiger partial charge in [0.2, 0.25) is 0 Å². The zero-order valence-electron chi connectivity index (χ0n) is 16.5. The Morgan fingerprint density at radius 1 is 1.00 bits per heavy atom. The molecule has 152 valence electrons. The van der Waals surface area contributed by atoms with Gasteiger partial charge in [0.1, 0.15) is 5.75 Å². The van der Waals surface area contributed by atoms with Gasteiger partial charge in [0, 0.05) is 34.9 Å². The lowest BCUT2D eigenvalue weighted by Crippen LogP contribution is -2.28. The Bertz CT molecular complexity index is 1080. The summed E-state index contributed by atoms with van der Waals surface area (Å²) in [5.41, 5.74) is 4.21. The normalized spacial score (nSPS) is 12.4. The standard InChI is InChI=1S/C24H21ClN2O3/c1-30-21-9-5-17(6-10-21)23(28)26-15-16-2-11-22-19(14-16)12-13-27(22)24(29)18-3-7-20(25)8-4-18/h2-11,14H,12-13,15H2,1H3,(H,26,28). The van der Waals surface area contributed by atoms with Gasteiger partial charge in [0.15, 0.2) is 0 Å². The molecule has 4 rings (SSSR count). The Hall–Kier alpha value is -3.31. The van der Waals surface area contributed by atoms with E-state index in [0.717, 1.165) is 23.2 Å². The Balaban J connectivity index is 1.42. The van der Waals surface area contributed by atoms with Gasteiger partial charge < -0.3 is 15.0 Å². The number of anilines is 1. The number of ether oxygens (including phenoxy) is 1. The van der Waals surface area contributed by atoms with Gasteiger partial charge in [-0.3, -0.25) is 9.59 Å². The number of nitrogens with one attached hydrogen (secondary N) is 1. The van der Waals surface area contributed by atoms with Crippen molar-refractivity contribution < 1.29 is 14.3 Å². The maximum atomic E-state index is 12.8. The number of carbonyl (C=O) groups is 2. The lowest BCUT2D eigenvalue weighted by Gasteiger charge is -2.18. The molecule has 1 heterocycles. The van der Waals surface area contributed by atoms with Crippen LogP contribution in [0.15, 0.2) is 66.7 Å². The minimum Gasteiger partial charge on any atom is -0.497 e. The topological polar surface area (TPSA) is 58.6 Å². The van der Waals surface area contributed by atoms with E-state index in [1.807, 2.05) is 12.1 Å². The van der Waals surface area contributed by atoms with Crippen LogP contribution in [0.25, 0.3) is 0 Å². The van der Waals surface area contributed by atoms with Crippen molar-refractivity contribution in [2.24, 2.45) is 0 Å². The largest absolute Gasteiger partial charge is 0.497 e. The molecule has 0 fully saturated rings. The molecule has 6 heteroatoms. The van der Waals surface area contributed by atoms with Crippen molar-refractivity contribution in [2.75, 3.05) is 18.6 Å². The Labute approximate surface area is 180 Å². The molecule has 2 amide bonds. The number of nitrogens with zero attached hydrogens (tertiary/aromatic N) is 1. The molecule has 1 N–H and O–H groups in total. The van der Waals surface area contributed by atoms with E-state index in [4.69, 9.17) is 16.3 Å². The number of benzene rings is 3. The molecule has 1 aliphatic rings. The molecule has 0 aliphatic carbocycles. The lowest BCUT2D eigenvalue weighted by molar-refractivity contribution is 0.0949. The molecule has 0 saturated heterocycles. The average Bonchev–Trinajstić information content (AvgIpc) is 3.21. The predicted octanol–water partition coefficient (Wildman–Crippen LogP) is 4.48. The van der Waals surface area contributed by atoms with Crippen LogP contribution >= 0.6 is 11.6 Å². The Morgan fingerprint density at radius 3 is 2.40 bits per heavy atom. The molecule has 5 nitrogen and oxygen atoms in total. The third-order valence-corrected chi connectivity index (χ3v) is 5.43. The quantitative estimate of drug-likeness (QED) is 0.662. The molecule has 1 aliphatic heterocycles. The van der Waals surface area contributed by atoms with Gasteiger partial charge in [-0.05, 0) is 72.1 Å². The molecule has 30 heavy (non-hydrogen) atoms. The number of hydrogen-bond acceptors (Lipinski definition) is 3. The van der Waals surface area contributed by atoms with Gasteiger partial charge in [-0.1, -0.05) is 23.7 Å². The van der Waals surface area contributed by atoms with Crippen LogP contribution < -0.4 is 15.0 Å². The van der Waals surface area contributed by atoms with Gasteiger partial charge in [-0.25, -0.2) is 0 Å². The number of carbonyl (C=O) groups excluding carboxylic acids is 2. The zero-order valence-corrected chi connectivity index (χ0v) is 17.3. The minimum absolute atomic E-state index is 0.0361. The van der Waals surface area contributed by atoms with Crippen LogP contribution in [0.2, 0.25) is 5.02 Å². The van der Waals surface area contributed by atoms with Gasteiger partial charge in [-0.2, -0.15) is 0 Å². The van der Waals surface area contributed by atoms with E-state index < -0.39 is 0 Å². The highest BCUT2D eigenvalue weighted by Gasteiger charge is 2.25. The summed E-state index contributed by atoms with van der Waals surface area (Å²) in [5, 5.41) is 3.54. The summed E-state index contributed by atoms with van der Waals surface area (Å²) in [7, 11) is 1.59. The fourth-order valence-corrected chi connectivity index (χ4v) is 3.68. The van der Waals surface area contributed by atoms with E-state index in [2.05, 4.69) is 11.4 Å². The summed E-state index contributed by atoms with van der Waals surface area (Å²) >= 11 is 5.92. The molecule has 0 bridgehead atoms. The first-order chi connectivity index (χ1) is 14.5. The number of halogens is 1. The van der Waals surface area contributed by atoms with Crippen LogP contribution in [-0.2, 0) is 13.0 Å². The third-order valence-electron chi connectivity index (χ3n) is 5.18. The number of rotatable bonds is 5. The van der Waals surface area contributed by atoms with Crippen LogP contribution in [0.4, 0.5) is 5.69 Å². The van der Waals surface area contributed by atoms with E-state index in [0.29, 0.717) is 35.0 Å². The Kier molecular flexibility index (Phi) is 5.72. The highest BCUT2D eigenvalue weighted by Crippen LogP contribution is 2.30. The molecule has 3 aromatic rings. The zero-order chi connectivity index (χ0) is 21.1. The summed E-state index contributed by atoms with van der Waals surface area (Å²) in [6.45, 7) is 1.06. The van der Waals surface area contributed by atoms with Crippen LogP contribution in [-0.4, -0.2) is 25.5 Å². The molecular weight excluding hydrogens is 400 g/mol. The summed E-state index contributed by atoms with van der Waals surface area (Å²) < 4.78 is 5.11. The molecular formula is C24H21ClN2O3. The summed E-state index contributed by atoms with van der Waals surface area (Å²) in [6.07, 6.45) is 0.787. The van der Waals surface area contributed by atoms with Crippen molar-refractivity contribution in [3.05, 3.63) is 94.0 Å². The molecule has 0 spiro atoms.